The summed E-state index contributed by atoms with van der Waals surface area (Å²) < 4.78 is 44.9. The zero-order valence-corrected chi connectivity index (χ0v) is 18.0. The van der Waals surface area contributed by atoms with Crippen LogP contribution in [-0.2, 0) is 29.3 Å². The lowest BCUT2D eigenvalue weighted by Gasteiger charge is -2.11. The molecule has 0 unspecified atom stereocenters. The number of carbonyl (C=O) groups is 1. The van der Waals surface area contributed by atoms with Crippen molar-refractivity contribution in [2.45, 2.75) is 19.6 Å². The third-order valence-electron chi connectivity index (χ3n) is 4.45. The maximum atomic E-state index is 12.9. The van der Waals surface area contributed by atoms with Crippen LogP contribution in [-0.4, -0.2) is 27.1 Å². The van der Waals surface area contributed by atoms with Crippen LogP contribution >= 0.6 is 11.6 Å². The summed E-state index contributed by atoms with van der Waals surface area (Å²) in [7, 11) is 1.52. The van der Waals surface area contributed by atoms with Crippen molar-refractivity contribution in [2.24, 2.45) is 7.05 Å². The predicted molar refractivity (Wildman–Crippen MR) is 116 cm³/mol. The van der Waals surface area contributed by atoms with Crippen molar-refractivity contribution >= 4 is 29.3 Å². The van der Waals surface area contributed by atoms with Gasteiger partial charge in [-0.15, -0.1) is 0 Å². The van der Waals surface area contributed by atoms with E-state index < -0.39 is 17.8 Å². The number of nitrogens with zero attached hydrogens (tertiary/aromatic N) is 3. The number of benzene rings is 1. The maximum absolute atomic E-state index is 12.9. The van der Waals surface area contributed by atoms with Gasteiger partial charge in [0.15, 0.2) is 5.69 Å². The fraction of sp³-hybridized carbons (Fsp3) is 0.227. The van der Waals surface area contributed by atoms with Gasteiger partial charge < -0.3 is 14.6 Å². The van der Waals surface area contributed by atoms with Gasteiger partial charge in [-0.05, 0) is 24.6 Å². The summed E-state index contributed by atoms with van der Waals surface area (Å²) in [5, 5.41) is 3.51. The predicted octanol–water partition coefficient (Wildman–Crippen LogP) is 5.34. The van der Waals surface area contributed by atoms with E-state index in [2.05, 4.69) is 15.3 Å². The number of hydrogen-bond acceptors (Lipinski definition) is 5. The molecule has 6 nitrogen and oxygen atoms in total. The molecule has 0 aliphatic heterocycles. The van der Waals surface area contributed by atoms with E-state index in [1.165, 1.54) is 23.9 Å². The van der Waals surface area contributed by atoms with Crippen LogP contribution in [0.5, 0.6) is 0 Å². The molecule has 0 aliphatic carbocycles. The fourth-order valence-corrected chi connectivity index (χ4v) is 3.07. The average Bonchev–Trinajstić information content (AvgIpc) is 3.14. The molecule has 32 heavy (non-hydrogen) atoms. The first-order valence-corrected chi connectivity index (χ1v) is 9.99. The molecule has 0 saturated carbocycles. The Kier molecular flexibility index (Phi) is 7.19. The average molecular weight is 465 g/mol. The highest BCUT2D eigenvalue weighted by molar-refractivity contribution is 6.29. The number of nitrogens with one attached hydrogen (secondary N) is 1. The number of hydrogen-bond donors (Lipinski definition) is 1. The number of aryl methyl sites for hydroxylation is 1. The quantitative estimate of drug-likeness (QED) is 0.290. The van der Waals surface area contributed by atoms with Crippen LogP contribution in [0.3, 0.4) is 0 Å². The first-order chi connectivity index (χ1) is 15.2. The Balaban J connectivity index is 1.73. The van der Waals surface area contributed by atoms with Crippen molar-refractivity contribution in [3.05, 3.63) is 70.8 Å². The second-order valence-electron chi connectivity index (χ2n) is 6.79. The van der Waals surface area contributed by atoms with Crippen LogP contribution in [0.25, 0.3) is 17.5 Å². The Morgan fingerprint density at radius 2 is 2.00 bits per heavy atom. The third-order valence-corrected chi connectivity index (χ3v) is 4.66. The molecule has 10 heteroatoms. The molecule has 0 atom stereocenters. The summed E-state index contributed by atoms with van der Waals surface area (Å²) in [5.74, 6) is -0.240. The Morgan fingerprint density at radius 1 is 1.28 bits per heavy atom. The summed E-state index contributed by atoms with van der Waals surface area (Å²) >= 11 is 5.99. The molecule has 1 N–H and O–H groups in total. The van der Waals surface area contributed by atoms with E-state index in [1.54, 1.807) is 43.3 Å². The lowest BCUT2D eigenvalue weighted by Crippen LogP contribution is -2.04. The number of carbonyl (C=O) groups excluding carboxylic acids is 1. The molecular formula is C22H20ClF3N4O2. The summed E-state index contributed by atoms with van der Waals surface area (Å²) in [4.78, 5) is 19.3. The monoisotopic (exact) mass is 464 g/mol. The van der Waals surface area contributed by atoms with Crippen molar-refractivity contribution in [2.75, 3.05) is 11.9 Å². The Bertz CT molecular complexity index is 1130. The van der Waals surface area contributed by atoms with Gasteiger partial charge in [-0.3, -0.25) is 0 Å². The van der Waals surface area contributed by atoms with Gasteiger partial charge >= 0.3 is 12.1 Å². The van der Waals surface area contributed by atoms with E-state index in [0.29, 0.717) is 23.4 Å². The fourth-order valence-electron chi connectivity index (χ4n) is 2.91. The van der Waals surface area contributed by atoms with Crippen molar-refractivity contribution in [1.82, 2.24) is 14.5 Å². The summed E-state index contributed by atoms with van der Waals surface area (Å²) in [6, 6.07) is 8.64. The third kappa shape index (κ3) is 5.88. The highest BCUT2D eigenvalue weighted by atomic mass is 35.5. The molecule has 1 aromatic carbocycles. The molecule has 0 aliphatic rings. The van der Waals surface area contributed by atoms with Crippen molar-refractivity contribution in [1.29, 1.82) is 0 Å². The number of rotatable bonds is 7. The highest BCUT2D eigenvalue weighted by Gasteiger charge is 2.34. The molecule has 0 saturated heterocycles. The molecule has 168 valence electrons. The van der Waals surface area contributed by atoms with Gasteiger partial charge in [-0.2, -0.15) is 13.2 Å². The van der Waals surface area contributed by atoms with E-state index in [1.807, 2.05) is 0 Å². The molecule has 3 aromatic rings. The van der Waals surface area contributed by atoms with E-state index in [0.717, 1.165) is 11.8 Å². The van der Waals surface area contributed by atoms with Gasteiger partial charge in [0.25, 0.3) is 0 Å². The molecule has 0 amide bonds. The first kappa shape index (κ1) is 23.3. The zero-order chi connectivity index (χ0) is 23.3. The topological polar surface area (TPSA) is 69.0 Å². The Morgan fingerprint density at radius 3 is 2.62 bits per heavy atom. The van der Waals surface area contributed by atoms with Gasteiger partial charge in [0.2, 0.25) is 0 Å². The molecule has 3 rings (SSSR count). The van der Waals surface area contributed by atoms with Crippen LogP contribution in [0.15, 0.2) is 48.8 Å². The summed E-state index contributed by atoms with van der Waals surface area (Å²) in [6.45, 7) is 2.41. The Labute approximate surface area is 187 Å². The second-order valence-corrected chi connectivity index (χ2v) is 7.18. The highest BCUT2D eigenvalue weighted by Crippen LogP contribution is 2.30. The second kappa shape index (κ2) is 9.86. The van der Waals surface area contributed by atoms with Gasteiger partial charge in [0, 0.05) is 48.9 Å². The first-order valence-electron chi connectivity index (χ1n) is 9.61. The molecule has 0 spiro atoms. The molecule has 0 radical (unpaired) electrons. The van der Waals surface area contributed by atoms with Gasteiger partial charge in [-0.1, -0.05) is 35.9 Å². The number of imidazole rings is 1. The van der Waals surface area contributed by atoms with Crippen LogP contribution in [0.2, 0.25) is 5.15 Å². The molecular weight excluding hydrogens is 445 g/mol. The SMILES string of the molecule is CCOC(=O)/C=C/c1cnc(Cl)cc1NCc1ccc(-c2nc(C(F)(F)F)cn2C)cc1. The zero-order valence-electron chi connectivity index (χ0n) is 17.3. The standard InChI is InChI=1S/C22H20ClF3N4O2/c1-3-32-20(31)9-8-16-12-28-19(23)10-17(16)27-11-14-4-6-15(7-5-14)21-29-18(13-30(21)2)22(24,25)26/h4-10,12-13H,3,11H2,1-2H3,(H,27,28)/b9-8+. The smallest absolute Gasteiger partial charge is 0.434 e. The van der Waals surface area contributed by atoms with E-state index >= 15 is 0 Å². The van der Waals surface area contributed by atoms with Crippen molar-refractivity contribution in [3.8, 4) is 11.4 Å². The minimum Gasteiger partial charge on any atom is -0.463 e. The molecule has 2 heterocycles. The van der Waals surface area contributed by atoms with Crippen molar-refractivity contribution < 1.29 is 22.7 Å². The number of aromatic nitrogens is 3. The number of ether oxygens (including phenoxy) is 1. The van der Waals surface area contributed by atoms with Crippen LogP contribution in [0, 0.1) is 0 Å². The van der Waals surface area contributed by atoms with Gasteiger partial charge in [0.05, 0.1) is 6.61 Å². The minimum atomic E-state index is -4.49. The number of halogens is 4. The van der Waals surface area contributed by atoms with Gasteiger partial charge in [-0.25, -0.2) is 14.8 Å². The summed E-state index contributed by atoms with van der Waals surface area (Å²) in [6.07, 6.45) is 0.875. The van der Waals surface area contributed by atoms with E-state index in [-0.39, 0.29) is 17.6 Å². The minimum absolute atomic E-state index is 0.226. The molecule has 0 bridgehead atoms. The van der Waals surface area contributed by atoms with E-state index in [4.69, 9.17) is 16.3 Å². The molecule has 0 fully saturated rings. The number of esters is 1. The van der Waals surface area contributed by atoms with Crippen LogP contribution < -0.4 is 5.32 Å². The van der Waals surface area contributed by atoms with Crippen LogP contribution in [0.4, 0.5) is 18.9 Å². The Hall–Kier alpha value is -3.33. The number of anilines is 1. The lowest BCUT2D eigenvalue weighted by molar-refractivity contribution is -0.141. The van der Waals surface area contributed by atoms with Crippen LogP contribution in [0.1, 0.15) is 23.7 Å². The van der Waals surface area contributed by atoms with E-state index in [9.17, 15) is 18.0 Å². The number of alkyl halides is 3. The largest absolute Gasteiger partial charge is 0.463 e. The lowest BCUT2D eigenvalue weighted by atomic mass is 10.1. The van der Waals surface area contributed by atoms with Gasteiger partial charge in [0.1, 0.15) is 11.0 Å². The van der Waals surface area contributed by atoms with Crippen molar-refractivity contribution in [3.63, 3.8) is 0 Å². The normalized spacial score (nSPS) is 11.7. The molecule has 2 aromatic heterocycles. The number of pyridine rings is 1. The summed E-state index contributed by atoms with van der Waals surface area (Å²) in [5.41, 5.74) is 1.82. The maximum Gasteiger partial charge on any atom is 0.434 e.